The van der Waals surface area contributed by atoms with E-state index in [9.17, 15) is 0 Å². The lowest BCUT2D eigenvalue weighted by Crippen LogP contribution is -2.06. The molecule has 0 bridgehead atoms. The van der Waals surface area contributed by atoms with Gasteiger partial charge in [0.2, 0.25) is 5.95 Å². The van der Waals surface area contributed by atoms with Crippen molar-refractivity contribution in [2.45, 2.75) is 26.2 Å². The first-order chi connectivity index (χ1) is 26.7. The van der Waals surface area contributed by atoms with E-state index in [0.29, 0.717) is 17.6 Å². The van der Waals surface area contributed by atoms with E-state index in [1.54, 1.807) is 0 Å². The zero-order chi connectivity index (χ0) is 36.0. The van der Waals surface area contributed by atoms with Crippen LogP contribution in [0.2, 0.25) is 0 Å². The number of aryl methyl sites for hydroxylation is 1. The maximum Gasteiger partial charge on any atom is 0.238 e. The highest BCUT2D eigenvalue weighted by molar-refractivity contribution is 7.26. The summed E-state index contributed by atoms with van der Waals surface area (Å²) in [4.78, 5) is 15.5. The molecule has 0 atom stereocenters. The monoisotopic (exact) mass is 712 g/mol. The van der Waals surface area contributed by atoms with Gasteiger partial charge in [-0.05, 0) is 58.9 Å². The Morgan fingerprint density at radius 2 is 1.09 bits per heavy atom. The van der Waals surface area contributed by atoms with Crippen LogP contribution in [0.15, 0.2) is 164 Å². The van der Waals surface area contributed by atoms with Gasteiger partial charge in [0.1, 0.15) is 0 Å². The van der Waals surface area contributed by atoms with Crippen LogP contribution in [0.1, 0.15) is 25.3 Å². The molecule has 5 heteroatoms. The normalized spacial score (nSPS) is 11.6. The third kappa shape index (κ3) is 5.65. The maximum atomic E-state index is 5.24. The van der Waals surface area contributed by atoms with E-state index in [4.69, 9.17) is 15.0 Å². The lowest BCUT2D eigenvalue weighted by Gasteiger charge is -2.12. The van der Waals surface area contributed by atoms with Gasteiger partial charge < -0.3 is 0 Å². The predicted molar refractivity (Wildman–Crippen MR) is 227 cm³/mol. The van der Waals surface area contributed by atoms with Gasteiger partial charge in [-0.2, -0.15) is 9.97 Å². The summed E-state index contributed by atoms with van der Waals surface area (Å²) < 4.78 is 4.81. The number of fused-ring (bicyclic) bond motifs is 6. The average molecular weight is 713 g/mol. The van der Waals surface area contributed by atoms with Gasteiger partial charge in [0.25, 0.3) is 0 Å². The van der Waals surface area contributed by atoms with Gasteiger partial charge in [0.05, 0.1) is 11.0 Å². The van der Waals surface area contributed by atoms with Crippen LogP contribution < -0.4 is 0 Å². The molecule has 0 amide bonds. The van der Waals surface area contributed by atoms with Gasteiger partial charge in [0.15, 0.2) is 11.6 Å². The average Bonchev–Trinajstić information content (AvgIpc) is 3.79. The molecule has 10 rings (SSSR count). The van der Waals surface area contributed by atoms with Crippen molar-refractivity contribution in [2.75, 3.05) is 0 Å². The fraction of sp³-hybridized carbons (Fsp3) is 0.0816. The summed E-state index contributed by atoms with van der Waals surface area (Å²) in [5.41, 5.74) is 10.1. The third-order valence-corrected chi connectivity index (χ3v) is 11.7. The molecule has 54 heavy (non-hydrogen) atoms. The number of nitrogens with zero attached hydrogens (tertiary/aromatic N) is 4. The molecule has 0 saturated carbocycles. The van der Waals surface area contributed by atoms with Gasteiger partial charge >= 0.3 is 0 Å². The molecule has 0 spiro atoms. The number of hydrogen-bond donors (Lipinski definition) is 0. The van der Waals surface area contributed by atoms with Crippen molar-refractivity contribution in [3.63, 3.8) is 0 Å². The molecule has 0 N–H and O–H groups in total. The molecule has 7 aromatic carbocycles. The van der Waals surface area contributed by atoms with E-state index < -0.39 is 0 Å². The van der Waals surface area contributed by atoms with Gasteiger partial charge in [-0.25, -0.2) is 4.98 Å². The summed E-state index contributed by atoms with van der Waals surface area (Å²) in [6.45, 7) is 2.24. The summed E-state index contributed by atoms with van der Waals surface area (Å²) >= 11 is 1.86. The number of thiophene rings is 1. The second-order valence-electron chi connectivity index (χ2n) is 13.9. The van der Waals surface area contributed by atoms with Crippen molar-refractivity contribution in [3.8, 4) is 51.0 Å². The van der Waals surface area contributed by atoms with Gasteiger partial charge in [-0.15, -0.1) is 11.3 Å². The van der Waals surface area contributed by atoms with E-state index in [1.807, 2.05) is 29.5 Å². The topological polar surface area (TPSA) is 43.6 Å². The number of unbranched alkanes of at least 4 members (excludes halogenated alkanes) is 1. The molecule has 0 radical (unpaired) electrons. The van der Waals surface area contributed by atoms with E-state index in [-0.39, 0.29) is 0 Å². The highest BCUT2D eigenvalue weighted by atomic mass is 32.1. The van der Waals surface area contributed by atoms with Crippen LogP contribution >= 0.6 is 11.3 Å². The minimum absolute atomic E-state index is 0.592. The third-order valence-electron chi connectivity index (χ3n) is 10.5. The summed E-state index contributed by atoms with van der Waals surface area (Å²) in [6, 6.07) is 58.5. The molecule has 0 aliphatic heterocycles. The molecule has 3 heterocycles. The summed E-state index contributed by atoms with van der Waals surface area (Å²) in [6.07, 6.45) is 3.54. The van der Waals surface area contributed by atoms with Gasteiger partial charge in [0, 0.05) is 42.1 Å². The number of aromatic nitrogens is 4. The first-order valence-electron chi connectivity index (χ1n) is 18.7. The summed E-state index contributed by atoms with van der Waals surface area (Å²) in [5.74, 6) is 1.87. The van der Waals surface area contributed by atoms with Crippen molar-refractivity contribution in [1.82, 2.24) is 19.5 Å². The minimum atomic E-state index is 0.592. The maximum absolute atomic E-state index is 5.24. The molecule has 0 aliphatic rings. The second-order valence-corrected chi connectivity index (χ2v) is 14.9. The van der Waals surface area contributed by atoms with Crippen LogP contribution in [0, 0.1) is 0 Å². The fourth-order valence-corrected chi connectivity index (χ4v) is 8.93. The van der Waals surface area contributed by atoms with Crippen LogP contribution in [0.3, 0.4) is 0 Å². The Morgan fingerprint density at radius 1 is 0.481 bits per heavy atom. The smallest absolute Gasteiger partial charge is 0.238 e. The molecule has 0 aliphatic carbocycles. The fourth-order valence-electron chi connectivity index (χ4n) is 7.69. The Hall–Kier alpha value is -6.43. The van der Waals surface area contributed by atoms with Crippen molar-refractivity contribution in [3.05, 3.63) is 169 Å². The number of benzene rings is 7. The SMILES string of the molecule is CCCCc1ccc(-c2ccc(-c3nc(-c4ccccc4)nc(-n4c5ccccc5c5ccc(-c6cccc7c6sc6ccccc67)cc54)n3)cc2)cc1. The molecule has 10 aromatic rings. The first kappa shape index (κ1) is 32.2. The predicted octanol–water partition coefficient (Wildman–Crippen LogP) is 13.3. The van der Waals surface area contributed by atoms with Crippen molar-refractivity contribution < 1.29 is 0 Å². The van der Waals surface area contributed by atoms with Crippen LogP contribution in [-0.4, -0.2) is 19.5 Å². The van der Waals surface area contributed by atoms with E-state index in [0.717, 1.165) is 44.9 Å². The van der Waals surface area contributed by atoms with Crippen LogP contribution in [0.4, 0.5) is 0 Å². The Bertz CT molecular complexity index is 2960. The zero-order valence-electron chi connectivity index (χ0n) is 29.9. The van der Waals surface area contributed by atoms with Crippen molar-refractivity contribution >= 4 is 53.3 Å². The van der Waals surface area contributed by atoms with Crippen LogP contribution in [-0.2, 0) is 6.42 Å². The lowest BCUT2D eigenvalue weighted by atomic mass is 10.0. The molecular weight excluding hydrogens is 677 g/mol. The highest BCUT2D eigenvalue weighted by Gasteiger charge is 2.19. The largest absolute Gasteiger partial charge is 0.278 e. The highest BCUT2D eigenvalue weighted by Crippen LogP contribution is 2.42. The standard InChI is InChI=1S/C49H36N4S/c1-2-3-12-32-21-23-33(24-22-32)34-25-27-36(28-26-34)48-50-47(35-13-5-4-6-14-35)51-49(52-48)53-43-19-9-7-15-39(43)40-30-29-37(31-44(40)53)38-17-11-18-42-41-16-8-10-20-45(41)54-46(38)42/h4-11,13-31H,2-3,12H2,1H3. The van der Waals surface area contributed by atoms with Crippen molar-refractivity contribution in [1.29, 1.82) is 0 Å². The zero-order valence-corrected chi connectivity index (χ0v) is 30.7. The Labute approximate surface area is 318 Å². The molecule has 0 unspecified atom stereocenters. The van der Waals surface area contributed by atoms with E-state index >= 15 is 0 Å². The van der Waals surface area contributed by atoms with Crippen LogP contribution in [0.5, 0.6) is 0 Å². The first-order valence-corrected chi connectivity index (χ1v) is 19.5. The Morgan fingerprint density at radius 3 is 1.87 bits per heavy atom. The van der Waals surface area contributed by atoms with E-state index in [2.05, 4.69) is 157 Å². The summed E-state index contributed by atoms with van der Waals surface area (Å²) in [5, 5.41) is 4.91. The molecule has 0 saturated heterocycles. The minimum Gasteiger partial charge on any atom is -0.278 e. The summed E-state index contributed by atoms with van der Waals surface area (Å²) in [7, 11) is 0. The van der Waals surface area contributed by atoms with E-state index in [1.165, 1.54) is 55.3 Å². The van der Waals surface area contributed by atoms with Gasteiger partial charge in [-0.3, -0.25) is 4.57 Å². The quantitative estimate of drug-likeness (QED) is 0.158. The number of hydrogen-bond acceptors (Lipinski definition) is 4. The number of para-hydroxylation sites is 1. The Kier molecular flexibility index (Phi) is 8.07. The Balaban J connectivity index is 1.13. The van der Waals surface area contributed by atoms with Gasteiger partial charge in [-0.1, -0.05) is 159 Å². The van der Waals surface area contributed by atoms with Crippen LogP contribution in [0.25, 0.3) is 93.0 Å². The van der Waals surface area contributed by atoms with Crippen molar-refractivity contribution in [2.24, 2.45) is 0 Å². The molecule has 4 nitrogen and oxygen atoms in total. The lowest BCUT2D eigenvalue weighted by molar-refractivity contribution is 0.795. The molecular formula is C49H36N4S. The molecule has 3 aromatic heterocycles. The molecule has 0 fully saturated rings. The molecule has 258 valence electrons. The number of rotatable bonds is 8. The second kappa shape index (κ2) is 13.5.